The minimum atomic E-state index is -2.74. The summed E-state index contributed by atoms with van der Waals surface area (Å²) >= 11 is 0. The summed E-state index contributed by atoms with van der Waals surface area (Å²) in [6.45, 7) is 3.16. The molecule has 1 saturated heterocycles. The molecular weight excluding hydrogens is 389 g/mol. The highest BCUT2D eigenvalue weighted by molar-refractivity contribution is 7.70. The van der Waals surface area contributed by atoms with Crippen molar-refractivity contribution in [3.63, 3.8) is 0 Å². The van der Waals surface area contributed by atoms with Crippen molar-refractivity contribution in [2.75, 3.05) is 24.8 Å². The van der Waals surface area contributed by atoms with Crippen LogP contribution in [0.25, 0.3) is 11.1 Å². The third-order valence-electron chi connectivity index (χ3n) is 4.63. The van der Waals surface area contributed by atoms with Crippen LogP contribution >= 0.6 is 7.14 Å². The predicted octanol–water partition coefficient (Wildman–Crippen LogP) is 3.25. The normalized spacial score (nSPS) is 17.1. The fourth-order valence-corrected chi connectivity index (χ4v) is 4.55. The maximum absolute atomic E-state index is 14.9. The first-order valence-electron chi connectivity index (χ1n) is 8.55. The Hall–Kier alpha value is -2.73. The lowest BCUT2D eigenvalue weighted by atomic mass is 10.0. The van der Waals surface area contributed by atoms with Crippen LogP contribution in [0.3, 0.4) is 0 Å². The molecule has 0 bridgehead atoms. The molecule has 3 rings (SSSR count). The number of carbonyl (C=O) groups excluding carboxylic acids is 1. The number of benzene rings is 2. The molecule has 9 heteroatoms. The second-order valence-electron chi connectivity index (χ2n) is 6.91. The number of carboxylic acid groups (broad SMARTS) is 1. The first-order valence-corrected chi connectivity index (χ1v) is 11.1. The van der Waals surface area contributed by atoms with Gasteiger partial charge in [-0.05, 0) is 37.4 Å². The largest absolute Gasteiger partial charge is 0.465 e. The predicted molar refractivity (Wildman–Crippen MR) is 103 cm³/mol. The maximum Gasteiger partial charge on any atom is 0.405 e. The van der Waals surface area contributed by atoms with Crippen LogP contribution in [0, 0.1) is 11.6 Å². The van der Waals surface area contributed by atoms with Gasteiger partial charge >= 0.3 is 6.09 Å². The number of carbonyl (C=O) groups is 2. The number of amides is 2. The first-order chi connectivity index (χ1) is 13.1. The zero-order valence-corrected chi connectivity index (χ0v) is 16.2. The van der Waals surface area contributed by atoms with Crippen molar-refractivity contribution in [1.82, 2.24) is 5.32 Å². The number of hydrogen-bond donors (Lipinski definition) is 2. The van der Waals surface area contributed by atoms with Gasteiger partial charge in [-0.3, -0.25) is 4.79 Å². The molecule has 6 nitrogen and oxygen atoms in total. The molecule has 0 spiro atoms. The monoisotopic (exact) mass is 408 g/mol. The lowest BCUT2D eigenvalue weighted by Crippen LogP contribution is -2.41. The molecule has 1 heterocycles. The van der Waals surface area contributed by atoms with E-state index in [1.807, 2.05) is 0 Å². The molecule has 2 N–H and O–H groups in total. The van der Waals surface area contributed by atoms with E-state index in [9.17, 15) is 22.9 Å². The summed E-state index contributed by atoms with van der Waals surface area (Å²) in [4.78, 5) is 24.1. The van der Waals surface area contributed by atoms with Gasteiger partial charge in [-0.2, -0.15) is 0 Å². The van der Waals surface area contributed by atoms with Crippen LogP contribution in [-0.4, -0.2) is 43.0 Å². The Morgan fingerprint density at radius 3 is 2.46 bits per heavy atom. The molecule has 2 aromatic carbocycles. The Bertz CT molecular complexity index is 1010. The lowest BCUT2D eigenvalue weighted by Gasteiger charge is -2.20. The summed E-state index contributed by atoms with van der Waals surface area (Å²) in [5.74, 6) is -3.00. The molecule has 0 saturated carbocycles. The van der Waals surface area contributed by atoms with Crippen LogP contribution in [0.2, 0.25) is 0 Å². The highest BCUT2D eigenvalue weighted by atomic mass is 31.2. The molecule has 1 unspecified atom stereocenters. The Labute approximate surface area is 160 Å². The van der Waals surface area contributed by atoms with Crippen LogP contribution in [0.1, 0.15) is 6.42 Å². The minimum absolute atomic E-state index is 0.0485. The number of nitrogens with zero attached hydrogens (tertiary/aromatic N) is 1. The minimum Gasteiger partial charge on any atom is -0.465 e. The van der Waals surface area contributed by atoms with Gasteiger partial charge in [-0.25, -0.2) is 13.6 Å². The Morgan fingerprint density at radius 2 is 1.82 bits per heavy atom. The average molecular weight is 408 g/mol. The molecular formula is C19H19F2N2O4P. The Balaban J connectivity index is 2.02. The van der Waals surface area contributed by atoms with E-state index in [0.717, 1.165) is 4.90 Å². The van der Waals surface area contributed by atoms with E-state index < -0.39 is 36.8 Å². The van der Waals surface area contributed by atoms with Gasteiger partial charge < -0.3 is 19.9 Å². The van der Waals surface area contributed by atoms with Gasteiger partial charge in [-0.15, -0.1) is 0 Å². The zero-order valence-electron chi connectivity index (χ0n) is 15.3. The molecule has 2 amide bonds. The number of nitrogens with one attached hydrogen (secondary N) is 1. The molecule has 148 valence electrons. The molecule has 1 aliphatic rings. The topological polar surface area (TPSA) is 86.7 Å². The van der Waals surface area contributed by atoms with Crippen LogP contribution < -0.4 is 15.5 Å². The summed E-state index contributed by atoms with van der Waals surface area (Å²) in [6, 6.07) is 8.14. The fraction of sp³-hybridized carbons (Fsp3) is 0.263. The van der Waals surface area contributed by atoms with Gasteiger partial charge in [0.2, 0.25) is 5.91 Å². The molecule has 1 aliphatic heterocycles. The van der Waals surface area contributed by atoms with E-state index in [-0.39, 0.29) is 24.2 Å². The van der Waals surface area contributed by atoms with Gasteiger partial charge in [0.1, 0.15) is 13.2 Å². The van der Waals surface area contributed by atoms with Crippen molar-refractivity contribution in [3.05, 3.63) is 48.0 Å². The van der Waals surface area contributed by atoms with Crippen LogP contribution in [0.15, 0.2) is 36.4 Å². The van der Waals surface area contributed by atoms with Crippen molar-refractivity contribution < 1.29 is 28.0 Å². The van der Waals surface area contributed by atoms with E-state index in [4.69, 9.17) is 5.11 Å². The van der Waals surface area contributed by atoms with E-state index >= 15 is 0 Å². The molecule has 0 aliphatic carbocycles. The highest BCUT2D eigenvalue weighted by Crippen LogP contribution is 2.40. The molecule has 1 fully saturated rings. The Morgan fingerprint density at radius 1 is 1.14 bits per heavy atom. The van der Waals surface area contributed by atoms with Gasteiger partial charge in [-0.1, -0.05) is 24.3 Å². The second-order valence-corrected chi connectivity index (χ2v) is 10.1. The van der Waals surface area contributed by atoms with E-state index in [1.54, 1.807) is 37.6 Å². The zero-order chi connectivity index (χ0) is 20.6. The van der Waals surface area contributed by atoms with Gasteiger partial charge in [0.15, 0.2) is 11.6 Å². The molecule has 0 aromatic heterocycles. The molecule has 2 aromatic rings. The number of hydrogen-bond acceptors (Lipinski definition) is 3. The van der Waals surface area contributed by atoms with Crippen molar-refractivity contribution >= 4 is 30.1 Å². The molecule has 1 atom stereocenters. The first kappa shape index (κ1) is 20.0. The molecule has 0 radical (unpaired) electrons. The fourth-order valence-electron chi connectivity index (χ4n) is 3.33. The van der Waals surface area contributed by atoms with Gasteiger partial charge in [0.05, 0.1) is 5.69 Å². The second kappa shape index (κ2) is 7.36. The van der Waals surface area contributed by atoms with E-state index in [0.29, 0.717) is 10.9 Å². The SMILES string of the molecule is CP(C)(=O)c1ccccc1-c1ccc(N2CCC(NC(=O)O)C2=O)c(F)c1F. The van der Waals surface area contributed by atoms with Gasteiger partial charge in [0.25, 0.3) is 0 Å². The lowest BCUT2D eigenvalue weighted by molar-refractivity contribution is -0.118. The number of rotatable bonds is 4. The van der Waals surface area contributed by atoms with Crippen molar-refractivity contribution in [2.24, 2.45) is 0 Å². The standard InChI is InChI=1S/C19H19F2N2O4P/c1-28(2,27)15-6-4-3-5-11(15)12-7-8-14(17(21)16(12)20)23-10-9-13(18(23)24)22-19(25)26/h3-8,13,22H,9-10H2,1-2H3,(H,25,26). The highest BCUT2D eigenvalue weighted by Gasteiger charge is 2.36. The van der Waals surface area contributed by atoms with Gasteiger partial charge in [0, 0.05) is 17.4 Å². The van der Waals surface area contributed by atoms with Crippen LogP contribution in [-0.2, 0) is 9.36 Å². The van der Waals surface area contributed by atoms with Crippen molar-refractivity contribution in [3.8, 4) is 11.1 Å². The summed E-state index contributed by atoms with van der Waals surface area (Å²) in [5.41, 5.74) is 0.0270. The summed E-state index contributed by atoms with van der Waals surface area (Å²) in [5, 5.41) is 11.3. The summed E-state index contributed by atoms with van der Waals surface area (Å²) < 4.78 is 42.2. The third-order valence-corrected chi connectivity index (χ3v) is 6.18. The summed E-state index contributed by atoms with van der Waals surface area (Å²) in [7, 11) is -2.74. The average Bonchev–Trinajstić information content (AvgIpc) is 2.96. The number of anilines is 1. The maximum atomic E-state index is 14.9. The van der Waals surface area contributed by atoms with Crippen LogP contribution in [0.4, 0.5) is 19.3 Å². The third kappa shape index (κ3) is 3.64. The number of halogens is 2. The van der Waals surface area contributed by atoms with Crippen molar-refractivity contribution in [1.29, 1.82) is 0 Å². The Kier molecular flexibility index (Phi) is 5.26. The quantitative estimate of drug-likeness (QED) is 0.761. The van der Waals surface area contributed by atoms with E-state index in [1.165, 1.54) is 12.1 Å². The van der Waals surface area contributed by atoms with E-state index in [2.05, 4.69) is 5.32 Å². The smallest absolute Gasteiger partial charge is 0.405 e. The van der Waals surface area contributed by atoms with Crippen LogP contribution in [0.5, 0.6) is 0 Å². The van der Waals surface area contributed by atoms with Crippen molar-refractivity contribution in [2.45, 2.75) is 12.5 Å². The molecule has 28 heavy (non-hydrogen) atoms. The summed E-state index contributed by atoms with van der Waals surface area (Å²) in [6.07, 6.45) is -1.20.